The summed E-state index contributed by atoms with van der Waals surface area (Å²) in [6.07, 6.45) is 0.0110. The van der Waals surface area contributed by atoms with E-state index in [1.165, 1.54) is 0 Å². The van der Waals surface area contributed by atoms with E-state index >= 15 is 0 Å². The predicted octanol–water partition coefficient (Wildman–Crippen LogP) is 1.43. The van der Waals surface area contributed by atoms with Crippen LogP contribution in [0.5, 0.6) is 0 Å². The van der Waals surface area contributed by atoms with Crippen molar-refractivity contribution in [3.05, 3.63) is 41.5 Å². The minimum atomic E-state index is -0.293. The van der Waals surface area contributed by atoms with Gasteiger partial charge in [-0.3, -0.25) is 4.79 Å². The third kappa shape index (κ3) is 2.71. The molecule has 1 N–H and O–H groups in total. The molecule has 0 radical (unpaired) electrons. The van der Waals surface area contributed by atoms with Crippen LogP contribution in [0.3, 0.4) is 0 Å². The van der Waals surface area contributed by atoms with Gasteiger partial charge >= 0.3 is 0 Å². The zero-order valence-corrected chi connectivity index (χ0v) is 9.67. The molecule has 0 aliphatic heterocycles. The molecule has 1 aromatic carbocycles. The number of nitrogens with zero attached hydrogens (tertiary/aromatic N) is 3. The minimum Gasteiger partial charge on any atom is -0.340 e. The molecule has 2 aromatic rings. The molecule has 0 aliphatic carbocycles. The Morgan fingerprint density at radius 2 is 2.28 bits per heavy atom. The van der Waals surface area contributed by atoms with Crippen molar-refractivity contribution in [1.29, 1.82) is 5.26 Å². The molecule has 1 heterocycles. The van der Waals surface area contributed by atoms with E-state index in [4.69, 9.17) is 9.78 Å². The second kappa shape index (κ2) is 5.10. The Balaban J connectivity index is 2.06. The van der Waals surface area contributed by atoms with Gasteiger partial charge in [-0.15, -0.1) is 0 Å². The first-order valence-corrected chi connectivity index (χ1v) is 5.27. The van der Waals surface area contributed by atoms with Crippen LogP contribution in [-0.4, -0.2) is 16.0 Å². The second-order valence-corrected chi connectivity index (χ2v) is 3.61. The van der Waals surface area contributed by atoms with Crippen molar-refractivity contribution in [3.8, 4) is 6.07 Å². The van der Waals surface area contributed by atoms with Crippen LogP contribution < -0.4 is 5.32 Å². The molecule has 0 bridgehead atoms. The molecule has 0 atom stereocenters. The Morgan fingerprint density at radius 3 is 2.94 bits per heavy atom. The highest BCUT2D eigenvalue weighted by Gasteiger charge is 2.10. The fourth-order valence-electron chi connectivity index (χ4n) is 1.44. The SMILES string of the molecule is Cc1nc(CC(=O)Nc2ccccc2C#N)no1. The Hall–Kier alpha value is -2.68. The van der Waals surface area contributed by atoms with Crippen molar-refractivity contribution in [3.63, 3.8) is 0 Å². The Kier molecular flexibility index (Phi) is 3.34. The molecule has 0 saturated carbocycles. The molecular weight excluding hydrogens is 232 g/mol. The Labute approximate surface area is 103 Å². The van der Waals surface area contributed by atoms with E-state index in [1.54, 1.807) is 31.2 Å². The number of aryl methyl sites for hydroxylation is 1. The molecule has 6 heteroatoms. The van der Waals surface area contributed by atoms with E-state index < -0.39 is 0 Å². The highest BCUT2D eigenvalue weighted by Crippen LogP contribution is 2.13. The smallest absolute Gasteiger partial charge is 0.232 e. The molecule has 1 aromatic heterocycles. The largest absolute Gasteiger partial charge is 0.340 e. The van der Waals surface area contributed by atoms with Crippen molar-refractivity contribution < 1.29 is 9.32 Å². The van der Waals surface area contributed by atoms with Gasteiger partial charge in [0.25, 0.3) is 0 Å². The van der Waals surface area contributed by atoms with Gasteiger partial charge < -0.3 is 9.84 Å². The molecule has 0 spiro atoms. The van der Waals surface area contributed by atoms with Crippen LogP contribution in [-0.2, 0) is 11.2 Å². The van der Waals surface area contributed by atoms with Crippen LogP contribution in [0.25, 0.3) is 0 Å². The summed E-state index contributed by atoms with van der Waals surface area (Å²) in [5.74, 6) is 0.438. The van der Waals surface area contributed by atoms with Crippen LogP contribution in [0.15, 0.2) is 28.8 Å². The zero-order valence-electron chi connectivity index (χ0n) is 9.67. The molecule has 1 amide bonds. The molecule has 0 fully saturated rings. The van der Waals surface area contributed by atoms with Gasteiger partial charge in [0, 0.05) is 6.92 Å². The maximum absolute atomic E-state index is 11.7. The van der Waals surface area contributed by atoms with E-state index in [-0.39, 0.29) is 12.3 Å². The number of amides is 1. The molecule has 0 saturated heterocycles. The van der Waals surface area contributed by atoms with Gasteiger partial charge in [-0.05, 0) is 12.1 Å². The number of nitriles is 1. The van der Waals surface area contributed by atoms with Crippen molar-refractivity contribution in [2.45, 2.75) is 13.3 Å². The van der Waals surface area contributed by atoms with Crippen molar-refractivity contribution in [1.82, 2.24) is 10.1 Å². The number of para-hydroxylation sites is 1. The summed E-state index contributed by atoms with van der Waals surface area (Å²) < 4.78 is 4.77. The van der Waals surface area contributed by atoms with E-state index in [0.29, 0.717) is 23.0 Å². The van der Waals surface area contributed by atoms with Crippen molar-refractivity contribution in [2.24, 2.45) is 0 Å². The number of carbonyl (C=O) groups is 1. The fraction of sp³-hybridized carbons (Fsp3) is 0.167. The number of carbonyl (C=O) groups excluding carboxylic acids is 1. The van der Waals surface area contributed by atoms with Crippen LogP contribution in [0.4, 0.5) is 5.69 Å². The van der Waals surface area contributed by atoms with Crippen LogP contribution in [0, 0.1) is 18.3 Å². The lowest BCUT2D eigenvalue weighted by Gasteiger charge is -2.04. The van der Waals surface area contributed by atoms with E-state index in [9.17, 15) is 4.79 Å². The van der Waals surface area contributed by atoms with Gasteiger partial charge in [0.1, 0.15) is 6.07 Å². The molecule has 6 nitrogen and oxygen atoms in total. The average Bonchev–Trinajstić information content (AvgIpc) is 2.75. The quantitative estimate of drug-likeness (QED) is 0.878. The maximum atomic E-state index is 11.7. The van der Waals surface area contributed by atoms with E-state index in [0.717, 1.165) is 0 Å². The number of anilines is 1. The van der Waals surface area contributed by atoms with Crippen LogP contribution in [0.1, 0.15) is 17.3 Å². The van der Waals surface area contributed by atoms with Gasteiger partial charge in [-0.1, -0.05) is 17.3 Å². The normalized spacial score (nSPS) is 9.78. The molecule has 2 rings (SSSR count). The zero-order chi connectivity index (χ0) is 13.0. The first-order valence-electron chi connectivity index (χ1n) is 5.27. The number of nitrogens with one attached hydrogen (secondary N) is 1. The number of benzene rings is 1. The van der Waals surface area contributed by atoms with E-state index in [1.807, 2.05) is 6.07 Å². The van der Waals surface area contributed by atoms with Crippen molar-refractivity contribution >= 4 is 11.6 Å². The lowest BCUT2D eigenvalue weighted by Crippen LogP contribution is -2.16. The highest BCUT2D eigenvalue weighted by molar-refractivity contribution is 5.93. The number of hydrogen-bond acceptors (Lipinski definition) is 5. The summed E-state index contributed by atoms with van der Waals surface area (Å²) in [6.45, 7) is 1.65. The summed E-state index contributed by atoms with van der Waals surface area (Å²) >= 11 is 0. The summed E-state index contributed by atoms with van der Waals surface area (Å²) in [5.41, 5.74) is 0.889. The lowest BCUT2D eigenvalue weighted by atomic mass is 10.2. The number of rotatable bonds is 3. The molecule has 0 aliphatic rings. The third-order valence-corrected chi connectivity index (χ3v) is 2.21. The van der Waals surface area contributed by atoms with Crippen LogP contribution in [0.2, 0.25) is 0 Å². The van der Waals surface area contributed by atoms with Gasteiger partial charge in [-0.25, -0.2) is 0 Å². The lowest BCUT2D eigenvalue weighted by molar-refractivity contribution is -0.115. The van der Waals surface area contributed by atoms with Gasteiger partial charge in [0.2, 0.25) is 11.8 Å². The van der Waals surface area contributed by atoms with Crippen LogP contribution >= 0.6 is 0 Å². The highest BCUT2D eigenvalue weighted by atomic mass is 16.5. The monoisotopic (exact) mass is 242 g/mol. The van der Waals surface area contributed by atoms with Gasteiger partial charge in [0.05, 0.1) is 17.7 Å². The van der Waals surface area contributed by atoms with Gasteiger partial charge in [0.15, 0.2) is 5.82 Å². The molecule has 18 heavy (non-hydrogen) atoms. The fourth-order valence-corrected chi connectivity index (χ4v) is 1.44. The first-order chi connectivity index (χ1) is 8.69. The minimum absolute atomic E-state index is 0.0110. The maximum Gasteiger partial charge on any atom is 0.232 e. The summed E-state index contributed by atoms with van der Waals surface area (Å²) in [6, 6.07) is 8.78. The summed E-state index contributed by atoms with van der Waals surface area (Å²) in [4.78, 5) is 15.6. The summed E-state index contributed by atoms with van der Waals surface area (Å²) in [7, 11) is 0. The molecule has 0 unspecified atom stereocenters. The standard InChI is InChI=1S/C12H10N4O2/c1-8-14-11(16-18-8)6-12(17)15-10-5-3-2-4-9(10)7-13/h2-5H,6H2,1H3,(H,15,17). The van der Waals surface area contributed by atoms with Gasteiger partial charge in [-0.2, -0.15) is 10.2 Å². The predicted molar refractivity (Wildman–Crippen MR) is 62.5 cm³/mol. The molecule has 90 valence electrons. The molecular formula is C12H10N4O2. The van der Waals surface area contributed by atoms with E-state index in [2.05, 4.69) is 15.5 Å². The Morgan fingerprint density at radius 1 is 1.50 bits per heavy atom. The Bertz CT molecular complexity index is 613. The first kappa shape index (κ1) is 11.8. The number of aromatic nitrogens is 2. The summed E-state index contributed by atoms with van der Waals surface area (Å²) in [5, 5.41) is 15.1. The average molecular weight is 242 g/mol. The topological polar surface area (TPSA) is 91.8 Å². The number of hydrogen-bond donors (Lipinski definition) is 1. The second-order valence-electron chi connectivity index (χ2n) is 3.61. The third-order valence-electron chi connectivity index (χ3n) is 2.21. The van der Waals surface area contributed by atoms with Crippen molar-refractivity contribution in [2.75, 3.05) is 5.32 Å².